The van der Waals surface area contributed by atoms with Crippen LogP contribution in [0, 0.1) is 6.92 Å². The Balaban J connectivity index is 1.61. The van der Waals surface area contributed by atoms with Crippen LogP contribution in [0.25, 0.3) is 0 Å². The second-order valence-electron chi connectivity index (χ2n) is 4.65. The largest absolute Gasteiger partial charge is 0.344 e. The van der Waals surface area contributed by atoms with Crippen LogP contribution in [0.4, 0.5) is 0 Å². The van der Waals surface area contributed by atoms with Gasteiger partial charge in [0.25, 0.3) is 11.7 Å². The van der Waals surface area contributed by atoms with Gasteiger partial charge in [-0.3, -0.25) is 4.79 Å². The van der Waals surface area contributed by atoms with Crippen molar-refractivity contribution in [2.45, 2.75) is 32.4 Å². The lowest BCUT2D eigenvalue weighted by Gasteiger charge is -2.01. The van der Waals surface area contributed by atoms with Crippen LogP contribution in [-0.4, -0.2) is 27.6 Å². The summed E-state index contributed by atoms with van der Waals surface area (Å²) in [6, 6.07) is 0.0767. The van der Waals surface area contributed by atoms with E-state index in [4.69, 9.17) is 4.52 Å². The number of carbonyl (C=O) groups excluding carboxylic acids is 1. The summed E-state index contributed by atoms with van der Waals surface area (Å²) < 4.78 is 5.14. The van der Waals surface area contributed by atoms with Crippen molar-refractivity contribution in [2.75, 3.05) is 6.54 Å². The molecule has 1 unspecified atom stereocenters. The smallest absolute Gasteiger partial charge is 0.292 e. The van der Waals surface area contributed by atoms with Gasteiger partial charge in [-0.1, -0.05) is 5.16 Å². The highest BCUT2D eigenvalue weighted by Gasteiger charge is 2.24. The van der Waals surface area contributed by atoms with E-state index in [0.717, 1.165) is 30.0 Å². The maximum atomic E-state index is 11.9. The Morgan fingerprint density at radius 3 is 3.25 bits per heavy atom. The van der Waals surface area contributed by atoms with E-state index in [-0.39, 0.29) is 17.8 Å². The average molecular weight is 293 g/mol. The number of thiazole rings is 1. The standard InChI is InChI=1S/C12H15N5O2S/c1-7-9(20-6-15-7)5-14-11(18)10-16-12(19-17-10)8-3-2-4-13-8/h6,8,13H,2-5H2,1H3,(H,14,18). The number of rotatable bonds is 4. The van der Waals surface area contributed by atoms with E-state index in [9.17, 15) is 4.79 Å². The fraction of sp³-hybridized carbons (Fsp3) is 0.500. The van der Waals surface area contributed by atoms with Crippen molar-refractivity contribution in [1.29, 1.82) is 0 Å². The van der Waals surface area contributed by atoms with Gasteiger partial charge in [0.05, 0.1) is 23.8 Å². The van der Waals surface area contributed by atoms with Crippen LogP contribution in [0.1, 0.15) is 46.0 Å². The highest BCUT2D eigenvalue weighted by molar-refractivity contribution is 7.09. The number of hydrogen-bond donors (Lipinski definition) is 2. The molecule has 3 heterocycles. The maximum Gasteiger partial charge on any atom is 0.292 e. The molecule has 0 aromatic carbocycles. The zero-order chi connectivity index (χ0) is 13.9. The number of hydrogen-bond acceptors (Lipinski definition) is 7. The van der Waals surface area contributed by atoms with Crippen LogP contribution < -0.4 is 10.6 Å². The second-order valence-corrected chi connectivity index (χ2v) is 5.59. The number of carbonyl (C=O) groups is 1. The van der Waals surface area contributed by atoms with Gasteiger partial charge in [-0.15, -0.1) is 11.3 Å². The number of nitrogens with one attached hydrogen (secondary N) is 2. The second kappa shape index (κ2) is 5.68. The van der Waals surface area contributed by atoms with Crippen molar-refractivity contribution >= 4 is 17.2 Å². The van der Waals surface area contributed by atoms with Gasteiger partial charge >= 0.3 is 0 Å². The summed E-state index contributed by atoms with van der Waals surface area (Å²) in [6.45, 7) is 3.29. The highest BCUT2D eigenvalue weighted by Crippen LogP contribution is 2.21. The first-order valence-corrected chi connectivity index (χ1v) is 7.36. The Morgan fingerprint density at radius 1 is 1.65 bits per heavy atom. The van der Waals surface area contributed by atoms with Gasteiger partial charge < -0.3 is 15.2 Å². The molecule has 2 aromatic rings. The minimum absolute atomic E-state index is 0.0767. The molecule has 2 N–H and O–H groups in total. The molecule has 1 aliphatic heterocycles. The number of amides is 1. The van der Waals surface area contributed by atoms with Crippen LogP contribution in [0.5, 0.6) is 0 Å². The van der Waals surface area contributed by atoms with E-state index in [2.05, 4.69) is 25.8 Å². The third-order valence-electron chi connectivity index (χ3n) is 3.26. The van der Waals surface area contributed by atoms with Crippen molar-refractivity contribution < 1.29 is 9.32 Å². The van der Waals surface area contributed by atoms with E-state index in [0.29, 0.717) is 12.4 Å². The fourth-order valence-corrected chi connectivity index (χ4v) is 2.82. The van der Waals surface area contributed by atoms with E-state index in [1.165, 1.54) is 11.3 Å². The van der Waals surface area contributed by atoms with Crippen molar-refractivity contribution in [3.05, 3.63) is 27.8 Å². The van der Waals surface area contributed by atoms with Crippen LogP contribution in [-0.2, 0) is 6.54 Å². The summed E-state index contributed by atoms with van der Waals surface area (Å²) in [5, 5.41) is 9.76. The molecule has 0 aliphatic carbocycles. The first-order chi connectivity index (χ1) is 9.74. The zero-order valence-corrected chi connectivity index (χ0v) is 11.9. The Hall–Kier alpha value is -1.80. The van der Waals surface area contributed by atoms with Gasteiger partial charge in [0.1, 0.15) is 0 Å². The van der Waals surface area contributed by atoms with Gasteiger partial charge in [0.2, 0.25) is 5.89 Å². The molecule has 1 saturated heterocycles. The lowest BCUT2D eigenvalue weighted by Crippen LogP contribution is -2.24. The van der Waals surface area contributed by atoms with Crippen LogP contribution >= 0.6 is 11.3 Å². The minimum atomic E-state index is -0.328. The predicted molar refractivity (Wildman–Crippen MR) is 72.3 cm³/mol. The Kier molecular flexibility index (Phi) is 3.75. The molecule has 0 radical (unpaired) electrons. The minimum Gasteiger partial charge on any atom is -0.344 e. The Labute approximate surface area is 119 Å². The number of aromatic nitrogens is 3. The topological polar surface area (TPSA) is 92.9 Å². The van der Waals surface area contributed by atoms with Crippen molar-refractivity contribution in [3.8, 4) is 0 Å². The van der Waals surface area contributed by atoms with Crippen molar-refractivity contribution in [2.24, 2.45) is 0 Å². The summed E-state index contributed by atoms with van der Waals surface area (Å²) in [6.07, 6.45) is 2.04. The molecule has 3 rings (SSSR count). The van der Waals surface area contributed by atoms with Gasteiger partial charge in [-0.05, 0) is 26.3 Å². The summed E-state index contributed by atoms with van der Waals surface area (Å²) in [4.78, 5) is 21.3. The summed E-state index contributed by atoms with van der Waals surface area (Å²) in [5.41, 5.74) is 2.69. The molecule has 1 atom stereocenters. The van der Waals surface area contributed by atoms with Crippen molar-refractivity contribution in [1.82, 2.24) is 25.8 Å². The summed E-state index contributed by atoms with van der Waals surface area (Å²) in [5.74, 6) is 0.239. The highest BCUT2D eigenvalue weighted by atomic mass is 32.1. The fourth-order valence-electron chi connectivity index (χ4n) is 2.10. The summed E-state index contributed by atoms with van der Waals surface area (Å²) in [7, 11) is 0. The van der Waals surface area contributed by atoms with Gasteiger partial charge in [-0.25, -0.2) is 4.98 Å². The van der Waals surface area contributed by atoms with Crippen LogP contribution in [0.2, 0.25) is 0 Å². The first kappa shape index (κ1) is 13.2. The lowest BCUT2D eigenvalue weighted by atomic mass is 10.2. The molecular formula is C12H15N5O2S. The average Bonchev–Trinajstić information content (AvgIpc) is 3.17. The molecule has 1 fully saturated rings. The molecule has 106 valence electrons. The Bertz CT molecular complexity index is 603. The Morgan fingerprint density at radius 2 is 2.55 bits per heavy atom. The monoisotopic (exact) mass is 293 g/mol. The lowest BCUT2D eigenvalue weighted by molar-refractivity contribution is 0.0938. The third kappa shape index (κ3) is 2.70. The normalized spacial score (nSPS) is 18.4. The molecule has 1 aliphatic rings. The van der Waals surface area contributed by atoms with E-state index in [1.807, 2.05) is 6.92 Å². The SMILES string of the molecule is Cc1ncsc1CNC(=O)c1noc(C2CCCN2)n1. The molecular weight excluding hydrogens is 278 g/mol. The molecule has 0 bridgehead atoms. The van der Waals surface area contributed by atoms with Gasteiger partial charge in [0, 0.05) is 4.88 Å². The summed E-state index contributed by atoms with van der Waals surface area (Å²) >= 11 is 1.51. The quantitative estimate of drug-likeness (QED) is 0.879. The number of nitrogens with zero attached hydrogens (tertiary/aromatic N) is 3. The molecule has 1 amide bonds. The zero-order valence-electron chi connectivity index (χ0n) is 11.0. The van der Waals surface area contributed by atoms with Crippen LogP contribution in [0.3, 0.4) is 0 Å². The van der Waals surface area contributed by atoms with E-state index < -0.39 is 0 Å². The van der Waals surface area contributed by atoms with Gasteiger partial charge in [-0.2, -0.15) is 4.98 Å². The molecule has 20 heavy (non-hydrogen) atoms. The third-order valence-corrected chi connectivity index (χ3v) is 4.19. The van der Waals surface area contributed by atoms with Gasteiger partial charge in [0.15, 0.2) is 0 Å². The molecule has 2 aromatic heterocycles. The van der Waals surface area contributed by atoms with E-state index in [1.54, 1.807) is 5.51 Å². The maximum absolute atomic E-state index is 11.9. The number of aryl methyl sites for hydroxylation is 1. The molecule has 0 spiro atoms. The van der Waals surface area contributed by atoms with Crippen molar-refractivity contribution in [3.63, 3.8) is 0 Å². The molecule has 0 saturated carbocycles. The first-order valence-electron chi connectivity index (χ1n) is 6.48. The van der Waals surface area contributed by atoms with E-state index >= 15 is 0 Å². The predicted octanol–water partition coefficient (Wildman–Crippen LogP) is 1.19. The van der Waals surface area contributed by atoms with Crippen LogP contribution in [0.15, 0.2) is 10.0 Å². The molecule has 8 heteroatoms. The molecule has 7 nitrogen and oxygen atoms in total.